The van der Waals surface area contributed by atoms with E-state index >= 15 is 0 Å². The molecule has 0 heterocycles. The van der Waals surface area contributed by atoms with Gasteiger partial charge >= 0.3 is 0 Å². The largest absolute Gasteiger partial charge is 0.497 e. The Kier molecular flexibility index (Phi) is 5.19. The van der Waals surface area contributed by atoms with Crippen LogP contribution < -0.4 is 9.46 Å². The third-order valence-electron chi connectivity index (χ3n) is 2.92. The molecular formula is C16H17NO4S. The van der Waals surface area contributed by atoms with E-state index in [-0.39, 0.29) is 11.5 Å². The third-order valence-corrected chi connectivity index (χ3v) is 4.32. The Morgan fingerprint density at radius 2 is 1.91 bits per heavy atom. The number of aliphatic hydroxyl groups is 1. The van der Waals surface area contributed by atoms with Crippen LogP contribution in [0.25, 0.3) is 6.08 Å². The number of rotatable bonds is 6. The third kappa shape index (κ3) is 4.09. The SMILES string of the molecule is COc1ccc(S(=O)(=O)Nc2cccc(C=CCO)c2)cc1. The molecule has 0 unspecified atom stereocenters. The Hall–Kier alpha value is -2.31. The molecule has 22 heavy (non-hydrogen) atoms. The fourth-order valence-corrected chi connectivity index (χ4v) is 2.91. The van der Waals surface area contributed by atoms with Crippen LogP contribution in [-0.2, 0) is 10.0 Å². The monoisotopic (exact) mass is 319 g/mol. The number of aliphatic hydroxyl groups excluding tert-OH is 1. The maximum absolute atomic E-state index is 12.3. The number of sulfonamides is 1. The van der Waals surface area contributed by atoms with Crippen molar-refractivity contribution < 1.29 is 18.3 Å². The van der Waals surface area contributed by atoms with Gasteiger partial charge in [-0.2, -0.15) is 0 Å². The second kappa shape index (κ2) is 7.11. The number of hydrogen-bond donors (Lipinski definition) is 2. The van der Waals surface area contributed by atoms with Crippen LogP contribution in [0.1, 0.15) is 5.56 Å². The van der Waals surface area contributed by atoms with Crippen LogP contribution in [0.3, 0.4) is 0 Å². The molecule has 0 fully saturated rings. The first kappa shape index (κ1) is 16.1. The van der Waals surface area contributed by atoms with Gasteiger partial charge in [-0.25, -0.2) is 8.42 Å². The number of nitrogens with one attached hydrogen (secondary N) is 1. The lowest BCUT2D eigenvalue weighted by atomic mass is 10.2. The van der Waals surface area contributed by atoms with Crippen LogP contribution in [0.15, 0.2) is 59.5 Å². The van der Waals surface area contributed by atoms with E-state index in [1.165, 1.54) is 19.2 Å². The number of methoxy groups -OCH3 is 1. The van der Waals surface area contributed by atoms with Gasteiger partial charge in [0.2, 0.25) is 0 Å². The predicted octanol–water partition coefficient (Wildman–Crippen LogP) is 2.50. The van der Waals surface area contributed by atoms with Crippen molar-refractivity contribution in [1.29, 1.82) is 0 Å². The molecule has 0 bridgehead atoms. The van der Waals surface area contributed by atoms with Gasteiger partial charge < -0.3 is 9.84 Å². The lowest BCUT2D eigenvalue weighted by Gasteiger charge is -2.09. The van der Waals surface area contributed by atoms with Gasteiger partial charge in [0, 0.05) is 5.69 Å². The molecule has 2 rings (SSSR count). The summed E-state index contributed by atoms with van der Waals surface area (Å²) in [7, 11) is -2.13. The highest BCUT2D eigenvalue weighted by atomic mass is 32.2. The highest BCUT2D eigenvalue weighted by Gasteiger charge is 2.14. The zero-order valence-corrected chi connectivity index (χ0v) is 12.9. The van der Waals surface area contributed by atoms with Gasteiger partial charge in [-0.05, 0) is 42.0 Å². The summed E-state index contributed by atoms with van der Waals surface area (Å²) >= 11 is 0. The van der Waals surface area contributed by atoms with Gasteiger partial charge in [-0.1, -0.05) is 24.3 Å². The number of benzene rings is 2. The summed E-state index contributed by atoms with van der Waals surface area (Å²) < 4.78 is 32.2. The van der Waals surface area contributed by atoms with Gasteiger partial charge in [0.25, 0.3) is 10.0 Å². The summed E-state index contributed by atoms with van der Waals surface area (Å²) in [4.78, 5) is 0.157. The Labute approximate surface area is 129 Å². The molecule has 0 radical (unpaired) electrons. The Balaban J connectivity index is 2.22. The molecule has 0 amide bonds. The summed E-state index contributed by atoms with van der Waals surface area (Å²) in [5.41, 5.74) is 1.25. The van der Waals surface area contributed by atoms with Crippen LogP contribution in [0.2, 0.25) is 0 Å². The summed E-state index contributed by atoms with van der Waals surface area (Å²) in [5, 5.41) is 8.77. The molecule has 0 atom stereocenters. The van der Waals surface area contributed by atoms with Crippen molar-refractivity contribution in [2.75, 3.05) is 18.4 Å². The van der Waals surface area contributed by atoms with Gasteiger partial charge in [0.15, 0.2) is 0 Å². The second-order valence-corrected chi connectivity index (χ2v) is 6.17. The molecule has 2 N–H and O–H groups in total. The highest BCUT2D eigenvalue weighted by Crippen LogP contribution is 2.20. The van der Waals surface area contributed by atoms with Gasteiger partial charge in [-0.3, -0.25) is 4.72 Å². The van der Waals surface area contributed by atoms with Crippen molar-refractivity contribution in [2.45, 2.75) is 4.90 Å². The molecule has 2 aromatic carbocycles. The standard InChI is InChI=1S/C16H17NO4S/c1-21-15-7-9-16(10-8-15)22(19,20)17-14-6-2-4-13(12-14)5-3-11-18/h2-10,12,17-18H,11H2,1H3. The molecule has 0 saturated carbocycles. The van der Waals surface area contributed by atoms with E-state index in [2.05, 4.69) is 4.72 Å². The first-order valence-electron chi connectivity index (χ1n) is 6.59. The van der Waals surface area contributed by atoms with E-state index in [9.17, 15) is 8.42 Å². The van der Waals surface area contributed by atoms with E-state index in [4.69, 9.17) is 9.84 Å². The molecule has 0 spiro atoms. The zero-order valence-electron chi connectivity index (χ0n) is 12.1. The minimum Gasteiger partial charge on any atom is -0.497 e. The summed E-state index contributed by atoms with van der Waals surface area (Å²) in [6.45, 7) is -0.0677. The van der Waals surface area contributed by atoms with E-state index < -0.39 is 10.0 Å². The first-order chi connectivity index (χ1) is 10.5. The van der Waals surface area contributed by atoms with Crippen LogP contribution in [-0.4, -0.2) is 27.2 Å². The van der Waals surface area contributed by atoms with E-state index in [0.717, 1.165) is 5.56 Å². The first-order valence-corrected chi connectivity index (χ1v) is 8.08. The van der Waals surface area contributed by atoms with Crippen LogP contribution >= 0.6 is 0 Å². The summed E-state index contributed by atoms with van der Waals surface area (Å²) in [6, 6.07) is 13.1. The molecule has 0 aromatic heterocycles. The van der Waals surface area contributed by atoms with Crippen molar-refractivity contribution in [3.8, 4) is 5.75 Å². The van der Waals surface area contributed by atoms with E-state index in [1.807, 2.05) is 6.07 Å². The molecule has 0 aliphatic rings. The van der Waals surface area contributed by atoms with Crippen molar-refractivity contribution in [2.24, 2.45) is 0 Å². The molecule has 0 aliphatic carbocycles. The highest BCUT2D eigenvalue weighted by molar-refractivity contribution is 7.92. The molecule has 0 aliphatic heterocycles. The predicted molar refractivity (Wildman–Crippen MR) is 86.4 cm³/mol. The van der Waals surface area contributed by atoms with Gasteiger partial charge in [0.1, 0.15) is 5.75 Å². The molecule has 2 aromatic rings. The lowest BCUT2D eigenvalue weighted by molar-refractivity contribution is 0.343. The average Bonchev–Trinajstić information content (AvgIpc) is 2.53. The van der Waals surface area contributed by atoms with Crippen LogP contribution in [0, 0.1) is 0 Å². The van der Waals surface area contributed by atoms with E-state index in [0.29, 0.717) is 11.4 Å². The summed E-state index contributed by atoms with van der Waals surface area (Å²) in [5.74, 6) is 0.593. The minimum atomic E-state index is -3.65. The van der Waals surface area contributed by atoms with Crippen LogP contribution in [0.5, 0.6) is 5.75 Å². The minimum absolute atomic E-state index is 0.0677. The molecule has 5 nitrogen and oxygen atoms in total. The fourth-order valence-electron chi connectivity index (χ4n) is 1.86. The van der Waals surface area contributed by atoms with Crippen molar-refractivity contribution in [3.63, 3.8) is 0 Å². The molecule has 6 heteroatoms. The molecular weight excluding hydrogens is 302 g/mol. The van der Waals surface area contributed by atoms with Gasteiger partial charge in [-0.15, -0.1) is 0 Å². The van der Waals surface area contributed by atoms with E-state index in [1.54, 1.807) is 42.5 Å². The number of anilines is 1. The normalized spacial score (nSPS) is 11.5. The van der Waals surface area contributed by atoms with Crippen molar-refractivity contribution in [3.05, 3.63) is 60.2 Å². The zero-order chi connectivity index (χ0) is 16.0. The van der Waals surface area contributed by atoms with Gasteiger partial charge in [0.05, 0.1) is 18.6 Å². The maximum Gasteiger partial charge on any atom is 0.261 e. The number of ether oxygens (including phenoxy) is 1. The maximum atomic E-state index is 12.3. The second-order valence-electron chi connectivity index (χ2n) is 4.49. The fraction of sp³-hybridized carbons (Fsp3) is 0.125. The summed E-state index contributed by atoms with van der Waals surface area (Å²) in [6.07, 6.45) is 3.29. The van der Waals surface area contributed by atoms with Crippen LogP contribution in [0.4, 0.5) is 5.69 Å². The Morgan fingerprint density at radius 3 is 2.55 bits per heavy atom. The average molecular weight is 319 g/mol. The quantitative estimate of drug-likeness (QED) is 0.858. The lowest BCUT2D eigenvalue weighted by Crippen LogP contribution is -2.12. The molecule has 116 valence electrons. The Morgan fingerprint density at radius 1 is 1.18 bits per heavy atom. The molecule has 0 saturated heterocycles. The smallest absolute Gasteiger partial charge is 0.261 e. The number of hydrogen-bond acceptors (Lipinski definition) is 4. The Bertz CT molecular complexity index is 752. The topological polar surface area (TPSA) is 75.6 Å². The van der Waals surface area contributed by atoms with Crippen molar-refractivity contribution >= 4 is 21.8 Å². The van der Waals surface area contributed by atoms with Crippen molar-refractivity contribution in [1.82, 2.24) is 0 Å².